The first kappa shape index (κ1) is 15.0. The van der Waals surface area contributed by atoms with Crippen molar-refractivity contribution >= 4 is 11.6 Å². The van der Waals surface area contributed by atoms with Crippen LogP contribution in [0.5, 0.6) is 0 Å². The monoisotopic (exact) mass is 287 g/mol. The Morgan fingerprint density at radius 1 is 1.19 bits per heavy atom. The molecule has 0 aliphatic heterocycles. The molecular formula is C15H21N5O. The molecule has 0 unspecified atom stereocenters. The van der Waals surface area contributed by atoms with Crippen molar-refractivity contribution in [2.45, 2.75) is 19.9 Å². The summed E-state index contributed by atoms with van der Waals surface area (Å²) in [6.07, 6.45) is 0.732. The molecule has 112 valence electrons. The number of nitrogens with zero attached hydrogens (tertiary/aromatic N) is 4. The predicted molar refractivity (Wildman–Crippen MR) is 82.3 cm³/mol. The van der Waals surface area contributed by atoms with Gasteiger partial charge in [0.25, 0.3) is 5.91 Å². The van der Waals surface area contributed by atoms with Crippen LogP contribution >= 0.6 is 0 Å². The van der Waals surface area contributed by atoms with Crippen LogP contribution < -0.4 is 4.90 Å². The van der Waals surface area contributed by atoms with E-state index >= 15 is 0 Å². The minimum atomic E-state index is -0.178. The molecule has 2 aromatic rings. The molecule has 0 fully saturated rings. The number of aryl methyl sites for hydroxylation is 1. The van der Waals surface area contributed by atoms with Crippen LogP contribution in [0.25, 0.3) is 0 Å². The van der Waals surface area contributed by atoms with E-state index in [1.54, 1.807) is 11.9 Å². The van der Waals surface area contributed by atoms with Crippen LogP contribution in [0.4, 0.5) is 5.69 Å². The van der Waals surface area contributed by atoms with Gasteiger partial charge in [0.1, 0.15) is 5.82 Å². The maximum Gasteiger partial charge on any atom is 0.293 e. The Balaban J connectivity index is 2.03. The van der Waals surface area contributed by atoms with E-state index in [1.165, 1.54) is 0 Å². The van der Waals surface area contributed by atoms with Crippen LogP contribution in [0.1, 0.15) is 28.9 Å². The molecule has 1 aromatic carbocycles. The Kier molecular flexibility index (Phi) is 4.57. The molecular weight excluding hydrogens is 266 g/mol. The number of hydrogen-bond acceptors (Lipinski definition) is 4. The van der Waals surface area contributed by atoms with E-state index < -0.39 is 0 Å². The van der Waals surface area contributed by atoms with Gasteiger partial charge in [-0.3, -0.25) is 9.89 Å². The second-order valence-electron chi connectivity index (χ2n) is 5.18. The van der Waals surface area contributed by atoms with Gasteiger partial charge in [0.15, 0.2) is 0 Å². The zero-order valence-corrected chi connectivity index (χ0v) is 12.9. The highest BCUT2D eigenvalue weighted by atomic mass is 16.2. The van der Waals surface area contributed by atoms with Crippen molar-refractivity contribution in [2.75, 3.05) is 26.0 Å². The standard InChI is InChI=1S/C15H21N5O/c1-5-13-16-14(18-17-13)15(21)20(4)10-11-6-8-12(9-7-11)19(2)3/h6-9H,5,10H2,1-4H3,(H,16,17,18). The molecule has 1 amide bonds. The number of benzene rings is 1. The van der Waals surface area contributed by atoms with Gasteiger partial charge in [-0.25, -0.2) is 4.98 Å². The Morgan fingerprint density at radius 3 is 2.38 bits per heavy atom. The van der Waals surface area contributed by atoms with Crippen molar-refractivity contribution in [3.63, 3.8) is 0 Å². The predicted octanol–water partition coefficient (Wildman–Crippen LogP) is 1.71. The number of H-pyrrole nitrogens is 1. The molecule has 1 heterocycles. The van der Waals surface area contributed by atoms with Gasteiger partial charge in [-0.1, -0.05) is 19.1 Å². The summed E-state index contributed by atoms with van der Waals surface area (Å²) >= 11 is 0. The van der Waals surface area contributed by atoms with E-state index in [0.717, 1.165) is 23.5 Å². The smallest absolute Gasteiger partial charge is 0.293 e. The zero-order chi connectivity index (χ0) is 15.4. The summed E-state index contributed by atoms with van der Waals surface area (Å²) in [7, 11) is 5.75. The van der Waals surface area contributed by atoms with Crippen molar-refractivity contribution in [2.24, 2.45) is 0 Å². The van der Waals surface area contributed by atoms with Gasteiger partial charge in [-0.05, 0) is 17.7 Å². The molecule has 1 aromatic heterocycles. The SMILES string of the molecule is CCc1nc(C(=O)N(C)Cc2ccc(N(C)C)cc2)n[nH]1. The number of aromatic nitrogens is 3. The first-order chi connectivity index (χ1) is 10.0. The van der Waals surface area contributed by atoms with Gasteiger partial charge in [-0.15, -0.1) is 5.10 Å². The molecule has 2 rings (SSSR count). The Hall–Kier alpha value is -2.37. The molecule has 0 spiro atoms. The molecule has 0 aliphatic carbocycles. The summed E-state index contributed by atoms with van der Waals surface area (Å²) < 4.78 is 0. The molecule has 0 aliphatic rings. The molecule has 0 atom stereocenters. The minimum absolute atomic E-state index is 0.178. The first-order valence-electron chi connectivity index (χ1n) is 6.94. The third-order valence-corrected chi connectivity index (χ3v) is 3.28. The van der Waals surface area contributed by atoms with Crippen LogP contribution in [-0.4, -0.2) is 47.1 Å². The summed E-state index contributed by atoms with van der Waals surface area (Å²) in [6.45, 7) is 2.49. The first-order valence-corrected chi connectivity index (χ1v) is 6.94. The largest absolute Gasteiger partial charge is 0.378 e. The van der Waals surface area contributed by atoms with Crippen LogP contribution in [0.15, 0.2) is 24.3 Å². The van der Waals surface area contributed by atoms with Crippen LogP contribution in [-0.2, 0) is 13.0 Å². The molecule has 0 bridgehead atoms. The molecule has 0 radical (unpaired) electrons. The summed E-state index contributed by atoms with van der Waals surface area (Å²) in [4.78, 5) is 20.0. The molecule has 0 saturated heterocycles. The highest BCUT2D eigenvalue weighted by Gasteiger charge is 2.17. The zero-order valence-electron chi connectivity index (χ0n) is 12.9. The van der Waals surface area contributed by atoms with Crippen LogP contribution in [0.2, 0.25) is 0 Å². The second-order valence-corrected chi connectivity index (χ2v) is 5.18. The van der Waals surface area contributed by atoms with Crippen LogP contribution in [0.3, 0.4) is 0 Å². The number of rotatable bonds is 5. The molecule has 1 N–H and O–H groups in total. The van der Waals surface area contributed by atoms with Crippen molar-refractivity contribution in [3.8, 4) is 0 Å². The van der Waals surface area contributed by atoms with Crippen LogP contribution in [0, 0.1) is 0 Å². The van der Waals surface area contributed by atoms with Crippen molar-refractivity contribution < 1.29 is 4.79 Å². The van der Waals surface area contributed by atoms with Gasteiger partial charge in [0.05, 0.1) is 0 Å². The summed E-state index contributed by atoms with van der Waals surface area (Å²) in [5, 5.41) is 6.71. The topological polar surface area (TPSA) is 65.1 Å². The number of anilines is 1. The maximum absolute atomic E-state index is 12.2. The van der Waals surface area contributed by atoms with E-state index in [0.29, 0.717) is 6.54 Å². The van der Waals surface area contributed by atoms with Crippen molar-refractivity contribution in [1.82, 2.24) is 20.1 Å². The van der Waals surface area contributed by atoms with E-state index in [1.807, 2.05) is 50.2 Å². The van der Waals surface area contributed by atoms with Gasteiger partial charge in [0, 0.05) is 39.8 Å². The Morgan fingerprint density at radius 2 is 1.86 bits per heavy atom. The second kappa shape index (κ2) is 6.39. The van der Waals surface area contributed by atoms with Crippen molar-refractivity contribution in [3.05, 3.63) is 41.5 Å². The maximum atomic E-state index is 12.2. The third-order valence-electron chi connectivity index (χ3n) is 3.28. The summed E-state index contributed by atoms with van der Waals surface area (Å²) in [5.41, 5.74) is 2.21. The lowest BCUT2D eigenvalue weighted by Gasteiger charge is -2.17. The molecule has 6 nitrogen and oxygen atoms in total. The normalized spacial score (nSPS) is 10.5. The van der Waals surface area contributed by atoms with E-state index in [4.69, 9.17) is 0 Å². The average molecular weight is 287 g/mol. The number of aromatic amines is 1. The molecule has 6 heteroatoms. The van der Waals surface area contributed by atoms with Gasteiger partial charge in [0.2, 0.25) is 5.82 Å². The quantitative estimate of drug-likeness (QED) is 0.909. The number of carbonyl (C=O) groups excluding carboxylic acids is 1. The average Bonchev–Trinajstić information content (AvgIpc) is 2.95. The summed E-state index contributed by atoms with van der Waals surface area (Å²) in [5.74, 6) is 0.768. The molecule has 21 heavy (non-hydrogen) atoms. The van der Waals surface area contributed by atoms with Crippen molar-refractivity contribution in [1.29, 1.82) is 0 Å². The van der Waals surface area contributed by atoms with E-state index in [9.17, 15) is 4.79 Å². The Bertz CT molecular complexity index is 603. The van der Waals surface area contributed by atoms with E-state index in [-0.39, 0.29) is 11.7 Å². The number of carbonyl (C=O) groups is 1. The number of amides is 1. The number of nitrogens with one attached hydrogen (secondary N) is 1. The van der Waals surface area contributed by atoms with Gasteiger partial charge >= 0.3 is 0 Å². The highest BCUT2D eigenvalue weighted by molar-refractivity contribution is 5.90. The van der Waals surface area contributed by atoms with E-state index in [2.05, 4.69) is 15.2 Å². The minimum Gasteiger partial charge on any atom is -0.378 e. The fraction of sp³-hybridized carbons (Fsp3) is 0.400. The molecule has 0 saturated carbocycles. The highest BCUT2D eigenvalue weighted by Crippen LogP contribution is 2.14. The van der Waals surface area contributed by atoms with Gasteiger partial charge in [-0.2, -0.15) is 0 Å². The fourth-order valence-corrected chi connectivity index (χ4v) is 1.96. The lowest BCUT2D eigenvalue weighted by atomic mass is 10.2. The summed E-state index contributed by atoms with van der Waals surface area (Å²) in [6, 6.07) is 8.12. The fourth-order valence-electron chi connectivity index (χ4n) is 1.96. The third kappa shape index (κ3) is 3.59. The lowest BCUT2D eigenvalue weighted by molar-refractivity contribution is 0.0773. The Labute approximate surface area is 124 Å². The lowest BCUT2D eigenvalue weighted by Crippen LogP contribution is -2.27. The van der Waals surface area contributed by atoms with Gasteiger partial charge < -0.3 is 9.80 Å². The number of hydrogen-bond donors (Lipinski definition) is 1.